The van der Waals surface area contributed by atoms with Gasteiger partial charge in [0.25, 0.3) is 0 Å². The lowest BCUT2D eigenvalue weighted by atomic mass is 10.0. The monoisotopic (exact) mass is 310 g/mol. The Labute approximate surface area is 130 Å². The highest BCUT2D eigenvalue weighted by Crippen LogP contribution is 2.28. The number of aliphatic imine (C=N–C) groups is 1. The van der Waals surface area contributed by atoms with E-state index in [4.69, 9.17) is 0 Å². The van der Waals surface area contributed by atoms with E-state index in [1.54, 1.807) is 11.3 Å². The first-order valence-corrected chi connectivity index (χ1v) is 8.51. The molecule has 1 heterocycles. The molecule has 0 aliphatic heterocycles. The molecule has 1 fully saturated rings. The molecule has 1 aromatic heterocycles. The molecule has 21 heavy (non-hydrogen) atoms. The first-order chi connectivity index (χ1) is 10.0. The van der Waals surface area contributed by atoms with Gasteiger partial charge in [0.2, 0.25) is 0 Å². The molecule has 0 spiro atoms. The summed E-state index contributed by atoms with van der Waals surface area (Å²) < 4.78 is 0. The van der Waals surface area contributed by atoms with Gasteiger partial charge in [-0.05, 0) is 33.6 Å². The summed E-state index contributed by atoms with van der Waals surface area (Å²) in [5, 5.41) is 18.0. The number of aryl methyl sites for hydroxylation is 2. The third kappa shape index (κ3) is 4.68. The average molecular weight is 310 g/mol. The third-order valence-electron chi connectivity index (χ3n) is 3.84. The molecule has 5 nitrogen and oxygen atoms in total. The molecule has 1 aliphatic carbocycles. The topological polar surface area (TPSA) is 69.5 Å². The Balaban J connectivity index is 1.94. The van der Waals surface area contributed by atoms with Crippen LogP contribution in [0, 0.1) is 13.8 Å². The zero-order valence-electron chi connectivity index (χ0n) is 13.2. The van der Waals surface area contributed by atoms with E-state index in [9.17, 15) is 5.11 Å². The molecular weight excluding hydrogens is 284 g/mol. The van der Waals surface area contributed by atoms with Gasteiger partial charge in [0, 0.05) is 18.0 Å². The normalized spacial score (nSPS) is 18.0. The first-order valence-electron chi connectivity index (χ1n) is 7.70. The molecule has 0 amide bonds. The Hall–Kier alpha value is -1.14. The Morgan fingerprint density at radius 2 is 2.05 bits per heavy atom. The predicted molar refractivity (Wildman–Crippen MR) is 87.8 cm³/mol. The maximum Gasteiger partial charge on any atom is 0.191 e. The van der Waals surface area contributed by atoms with Crippen LogP contribution in [0.4, 0.5) is 0 Å². The number of aromatic nitrogens is 1. The quantitative estimate of drug-likeness (QED) is 0.575. The second-order valence-electron chi connectivity index (χ2n) is 5.72. The van der Waals surface area contributed by atoms with Gasteiger partial charge in [-0.1, -0.05) is 12.8 Å². The molecule has 1 aliphatic rings. The number of aliphatic hydroxyl groups is 1. The number of nitrogens with zero attached hydrogens (tertiary/aromatic N) is 2. The van der Waals surface area contributed by atoms with Crippen molar-refractivity contribution in [1.82, 2.24) is 15.6 Å². The van der Waals surface area contributed by atoms with Crippen molar-refractivity contribution in [3.8, 4) is 0 Å². The summed E-state index contributed by atoms with van der Waals surface area (Å²) in [5.41, 5.74) is 0.499. The van der Waals surface area contributed by atoms with Crippen LogP contribution in [-0.2, 0) is 6.54 Å². The highest BCUT2D eigenvalue weighted by atomic mass is 32.1. The summed E-state index contributed by atoms with van der Waals surface area (Å²) in [6, 6.07) is 0. The standard InChI is InChI=1S/C15H26N4OS/c1-4-16-14(18-10-15(20)7-5-6-8-15)17-9-13-11(2)19-12(3)21-13/h20H,4-10H2,1-3H3,(H2,16,17,18). The molecular formula is C15H26N4OS. The molecule has 3 N–H and O–H groups in total. The minimum absolute atomic E-state index is 0.562. The van der Waals surface area contributed by atoms with Crippen LogP contribution in [0.15, 0.2) is 4.99 Å². The maximum atomic E-state index is 10.4. The molecule has 1 aromatic rings. The molecule has 1 saturated carbocycles. The molecule has 0 unspecified atom stereocenters. The van der Waals surface area contributed by atoms with Gasteiger partial charge in [-0.25, -0.2) is 9.98 Å². The van der Waals surface area contributed by atoms with Crippen LogP contribution in [0.2, 0.25) is 0 Å². The number of nitrogens with one attached hydrogen (secondary N) is 2. The largest absolute Gasteiger partial charge is 0.388 e. The zero-order chi connectivity index (χ0) is 15.3. The molecule has 0 aromatic carbocycles. The van der Waals surface area contributed by atoms with Gasteiger partial charge in [-0.2, -0.15) is 0 Å². The number of hydrogen-bond donors (Lipinski definition) is 3. The molecule has 0 saturated heterocycles. The summed E-state index contributed by atoms with van der Waals surface area (Å²) in [6.07, 6.45) is 4.00. The summed E-state index contributed by atoms with van der Waals surface area (Å²) in [7, 11) is 0. The molecule has 0 bridgehead atoms. The van der Waals surface area contributed by atoms with Crippen LogP contribution < -0.4 is 10.6 Å². The predicted octanol–water partition coefficient (Wildman–Crippen LogP) is 2.12. The van der Waals surface area contributed by atoms with Crippen molar-refractivity contribution in [3.05, 3.63) is 15.6 Å². The lowest BCUT2D eigenvalue weighted by molar-refractivity contribution is 0.0522. The van der Waals surface area contributed by atoms with Gasteiger partial charge < -0.3 is 15.7 Å². The average Bonchev–Trinajstić information content (AvgIpc) is 3.00. The fourth-order valence-corrected chi connectivity index (χ4v) is 3.53. The fourth-order valence-electron chi connectivity index (χ4n) is 2.67. The highest BCUT2D eigenvalue weighted by Gasteiger charge is 2.30. The van der Waals surface area contributed by atoms with Gasteiger partial charge in [-0.3, -0.25) is 0 Å². The molecule has 0 radical (unpaired) electrons. The number of hydrogen-bond acceptors (Lipinski definition) is 4. The van der Waals surface area contributed by atoms with E-state index in [-0.39, 0.29) is 0 Å². The van der Waals surface area contributed by atoms with Crippen LogP contribution in [0.3, 0.4) is 0 Å². The van der Waals surface area contributed by atoms with E-state index in [0.717, 1.165) is 48.9 Å². The molecule has 2 rings (SSSR count). The van der Waals surface area contributed by atoms with Crippen LogP contribution in [0.25, 0.3) is 0 Å². The minimum Gasteiger partial charge on any atom is -0.388 e. The van der Waals surface area contributed by atoms with E-state index in [1.165, 1.54) is 4.88 Å². The number of thiazole rings is 1. The summed E-state index contributed by atoms with van der Waals surface area (Å²) in [6.45, 7) is 8.10. The van der Waals surface area contributed by atoms with E-state index in [2.05, 4.69) is 20.6 Å². The Morgan fingerprint density at radius 3 is 2.62 bits per heavy atom. The van der Waals surface area contributed by atoms with Crippen molar-refractivity contribution in [3.63, 3.8) is 0 Å². The van der Waals surface area contributed by atoms with Crippen molar-refractivity contribution in [2.24, 2.45) is 4.99 Å². The smallest absolute Gasteiger partial charge is 0.191 e. The van der Waals surface area contributed by atoms with E-state index >= 15 is 0 Å². The van der Waals surface area contributed by atoms with Crippen molar-refractivity contribution in [2.45, 2.75) is 58.6 Å². The van der Waals surface area contributed by atoms with Gasteiger partial charge in [0.05, 0.1) is 22.8 Å². The fraction of sp³-hybridized carbons (Fsp3) is 0.733. The summed E-state index contributed by atoms with van der Waals surface area (Å²) in [4.78, 5) is 10.2. The van der Waals surface area contributed by atoms with Crippen molar-refractivity contribution >= 4 is 17.3 Å². The molecule has 6 heteroatoms. The molecule has 0 atom stereocenters. The number of guanidine groups is 1. The Kier molecular flexibility index (Phi) is 5.58. The van der Waals surface area contributed by atoms with Gasteiger partial charge >= 0.3 is 0 Å². The number of rotatable bonds is 5. The zero-order valence-corrected chi connectivity index (χ0v) is 14.0. The van der Waals surface area contributed by atoms with E-state index in [1.807, 2.05) is 20.8 Å². The van der Waals surface area contributed by atoms with Crippen LogP contribution >= 0.6 is 11.3 Å². The second-order valence-corrected chi connectivity index (χ2v) is 7.01. The summed E-state index contributed by atoms with van der Waals surface area (Å²) >= 11 is 1.69. The second kappa shape index (κ2) is 7.22. The summed E-state index contributed by atoms with van der Waals surface area (Å²) in [5.74, 6) is 0.767. The van der Waals surface area contributed by atoms with Gasteiger partial charge in [0.1, 0.15) is 0 Å². The minimum atomic E-state index is -0.562. The molecule has 118 valence electrons. The van der Waals surface area contributed by atoms with Gasteiger partial charge in [-0.15, -0.1) is 11.3 Å². The maximum absolute atomic E-state index is 10.4. The van der Waals surface area contributed by atoms with E-state index in [0.29, 0.717) is 13.1 Å². The lowest BCUT2D eigenvalue weighted by Crippen LogP contribution is -2.46. The SMILES string of the molecule is CCNC(=NCc1sc(C)nc1C)NCC1(O)CCCC1. The van der Waals surface area contributed by atoms with Crippen LogP contribution in [0.1, 0.15) is 48.2 Å². The third-order valence-corrected chi connectivity index (χ3v) is 4.90. The van der Waals surface area contributed by atoms with Crippen molar-refractivity contribution in [1.29, 1.82) is 0 Å². The first kappa shape index (κ1) is 16.2. The van der Waals surface area contributed by atoms with Crippen molar-refractivity contribution < 1.29 is 5.11 Å². The van der Waals surface area contributed by atoms with Crippen LogP contribution in [0.5, 0.6) is 0 Å². The highest BCUT2D eigenvalue weighted by molar-refractivity contribution is 7.11. The van der Waals surface area contributed by atoms with E-state index < -0.39 is 5.60 Å². The Morgan fingerprint density at radius 1 is 1.33 bits per heavy atom. The van der Waals surface area contributed by atoms with Gasteiger partial charge in [0.15, 0.2) is 5.96 Å². The Bertz CT molecular complexity index is 492. The van der Waals surface area contributed by atoms with Crippen molar-refractivity contribution in [2.75, 3.05) is 13.1 Å². The lowest BCUT2D eigenvalue weighted by Gasteiger charge is -2.23. The van der Waals surface area contributed by atoms with Crippen LogP contribution in [-0.4, -0.2) is 34.7 Å².